The lowest BCUT2D eigenvalue weighted by atomic mass is 9.96. The Morgan fingerprint density at radius 1 is 0.864 bits per heavy atom. The lowest BCUT2D eigenvalue weighted by Crippen LogP contribution is -2.02. The number of aliphatic carboxylic acids is 1. The molecule has 2 heteroatoms. The first-order chi connectivity index (χ1) is 10.7. The van der Waals surface area contributed by atoms with Crippen LogP contribution in [0.5, 0.6) is 0 Å². The molecule has 0 radical (unpaired) electrons. The van der Waals surface area contributed by atoms with Crippen molar-refractivity contribution in [1.82, 2.24) is 0 Å². The van der Waals surface area contributed by atoms with Gasteiger partial charge in [-0.2, -0.15) is 0 Å². The quantitative estimate of drug-likeness (QED) is 0.238. The average molecular weight is 311 g/mol. The highest BCUT2D eigenvalue weighted by atomic mass is 16.4. The Bertz CT molecular complexity index is 260. The molecular formula is C20H38O2. The standard InChI is InChI=1S/C20H38O2/c1-3-5-6-7-8-9-10-11-12-13-14-15-16-19(4-2)17-18-20(21)22/h4,19H,2-3,5-18H2,1H3,(H,21,22). The Balaban J connectivity index is 3.24. The van der Waals surface area contributed by atoms with Crippen LogP contribution in [0.1, 0.15) is 103 Å². The van der Waals surface area contributed by atoms with Crippen LogP contribution in [0, 0.1) is 5.92 Å². The van der Waals surface area contributed by atoms with Crippen molar-refractivity contribution < 1.29 is 9.90 Å². The Morgan fingerprint density at radius 3 is 1.73 bits per heavy atom. The molecule has 0 aliphatic heterocycles. The molecule has 1 unspecified atom stereocenters. The lowest BCUT2D eigenvalue weighted by molar-refractivity contribution is -0.137. The fourth-order valence-corrected chi connectivity index (χ4v) is 2.94. The number of carboxylic acids is 1. The van der Waals surface area contributed by atoms with Gasteiger partial charge in [0.2, 0.25) is 0 Å². The molecule has 2 nitrogen and oxygen atoms in total. The first-order valence-corrected chi connectivity index (χ1v) is 9.55. The molecule has 0 rings (SSSR count). The molecule has 0 amide bonds. The number of hydrogen-bond acceptors (Lipinski definition) is 1. The smallest absolute Gasteiger partial charge is 0.303 e. The molecule has 0 saturated heterocycles. The van der Waals surface area contributed by atoms with Crippen LogP contribution in [0.25, 0.3) is 0 Å². The van der Waals surface area contributed by atoms with Crippen LogP contribution >= 0.6 is 0 Å². The molecular weight excluding hydrogens is 272 g/mol. The number of rotatable bonds is 17. The number of allylic oxidation sites excluding steroid dienone is 1. The predicted octanol–water partition coefficient (Wildman–Crippen LogP) is 6.74. The third kappa shape index (κ3) is 15.6. The molecule has 0 saturated carbocycles. The van der Waals surface area contributed by atoms with E-state index >= 15 is 0 Å². The summed E-state index contributed by atoms with van der Waals surface area (Å²) < 4.78 is 0. The summed E-state index contributed by atoms with van der Waals surface area (Å²) in [5, 5.41) is 8.70. The Morgan fingerprint density at radius 2 is 1.32 bits per heavy atom. The molecule has 0 heterocycles. The second-order valence-corrected chi connectivity index (χ2v) is 6.61. The first-order valence-electron chi connectivity index (χ1n) is 9.55. The van der Waals surface area contributed by atoms with E-state index in [1.54, 1.807) is 0 Å². The van der Waals surface area contributed by atoms with Crippen molar-refractivity contribution in [3.8, 4) is 0 Å². The molecule has 22 heavy (non-hydrogen) atoms. The summed E-state index contributed by atoms with van der Waals surface area (Å²) >= 11 is 0. The third-order valence-corrected chi connectivity index (χ3v) is 4.49. The normalized spacial score (nSPS) is 12.2. The SMILES string of the molecule is C=CC(CCCCCCCCCCCCCC)CCC(=O)O. The van der Waals surface area contributed by atoms with E-state index in [0.717, 1.165) is 12.8 Å². The Hall–Kier alpha value is -0.790. The van der Waals surface area contributed by atoms with E-state index in [1.165, 1.54) is 77.0 Å². The number of hydrogen-bond donors (Lipinski definition) is 1. The Labute approximate surface area is 138 Å². The van der Waals surface area contributed by atoms with Crippen molar-refractivity contribution in [3.05, 3.63) is 12.7 Å². The second-order valence-electron chi connectivity index (χ2n) is 6.61. The highest BCUT2D eigenvalue weighted by molar-refractivity contribution is 5.66. The Kier molecular flexibility index (Phi) is 16.0. The van der Waals surface area contributed by atoms with Crippen LogP contribution in [0.2, 0.25) is 0 Å². The molecule has 0 aromatic carbocycles. The molecule has 0 spiro atoms. The third-order valence-electron chi connectivity index (χ3n) is 4.49. The minimum atomic E-state index is -0.693. The number of carboxylic acid groups (broad SMARTS) is 1. The summed E-state index contributed by atoms with van der Waals surface area (Å²) in [7, 11) is 0. The minimum Gasteiger partial charge on any atom is -0.481 e. The lowest BCUT2D eigenvalue weighted by Gasteiger charge is -2.10. The van der Waals surface area contributed by atoms with Crippen molar-refractivity contribution >= 4 is 5.97 Å². The molecule has 1 N–H and O–H groups in total. The van der Waals surface area contributed by atoms with Gasteiger partial charge in [0.05, 0.1) is 0 Å². The number of unbranched alkanes of at least 4 members (excludes halogenated alkanes) is 11. The van der Waals surface area contributed by atoms with E-state index in [0.29, 0.717) is 5.92 Å². The van der Waals surface area contributed by atoms with Gasteiger partial charge < -0.3 is 5.11 Å². The van der Waals surface area contributed by atoms with Gasteiger partial charge in [0.15, 0.2) is 0 Å². The molecule has 130 valence electrons. The molecule has 0 aromatic heterocycles. The predicted molar refractivity (Wildman–Crippen MR) is 96.3 cm³/mol. The summed E-state index contributed by atoms with van der Waals surface area (Å²) in [6, 6.07) is 0. The zero-order valence-corrected chi connectivity index (χ0v) is 14.8. The van der Waals surface area contributed by atoms with Gasteiger partial charge in [-0.05, 0) is 18.8 Å². The highest BCUT2D eigenvalue weighted by Crippen LogP contribution is 2.18. The van der Waals surface area contributed by atoms with Crippen LogP contribution < -0.4 is 0 Å². The van der Waals surface area contributed by atoms with E-state index in [-0.39, 0.29) is 6.42 Å². The fourth-order valence-electron chi connectivity index (χ4n) is 2.94. The van der Waals surface area contributed by atoms with Crippen molar-refractivity contribution in [2.45, 2.75) is 103 Å². The summed E-state index contributed by atoms with van der Waals surface area (Å²) in [5.74, 6) is -0.305. The van der Waals surface area contributed by atoms with Crippen molar-refractivity contribution in [2.75, 3.05) is 0 Å². The molecule has 0 aliphatic carbocycles. The van der Waals surface area contributed by atoms with Gasteiger partial charge in [0, 0.05) is 6.42 Å². The molecule has 0 bridgehead atoms. The van der Waals surface area contributed by atoms with Gasteiger partial charge in [-0.25, -0.2) is 0 Å². The van der Waals surface area contributed by atoms with Crippen LogP contribution in [0.4, 0.5) is 0 Å². The fraction of sp³-hybridized carbons (Fsp3) is 0.850. The molecule has 0 aromatic rings. The van der Waals surface area contributed by atoms with E-state index in [2.05, 4.69) is 13.5 Å². The van der Waals surface area contributed by atoms with Crippen molar-refractivity contribution in [3.63, 3.8) is 0 Å². The second kappa shape index (κ2) is 16.6. The van der Waals surface area contributed by atoms with Crippen molar-refractivity contribution in [2.24, 2.45) is 5.92 Å². The van der Waals surface area contributed by atoms with Gasteiger partial charge in [-0.3, -0.25) is 4.79 Å². The van der Waals surface area contributed by atoms with Gasteiger partial charge in [-0.15, -0.1) is 6.58 Å². The van der Waals surface area contributed by atoms with Crippen LogP contribution in [-0.4, -0.2) is 11.1 Å². The zero-order chi connectivity index (χ0) is 16.5. The van der Waals surface area contributed by atoms with Crippen LogP contribution in [0.15, 0.2) is 12.7 Å². The monoisotopic (exact) mass is 310 g/mol. The summed E-state index contributed by atoms with van der Waals surface area (Å²) in [4.78, 5) is 10.6. The van der Waals surface area contributed by atoms with E-state index in [1.807, 2.05) is 6.08 Å². The molecule has 1 atom stereocenters. The van der Waals surface area contributed by atoms with Crippen LogP contribution in [-0.2, 0) is 4.79 Å². The van der Waals surface area contributed by atoms with Crippen molar-refractivity contribution in [1.29, 1.82) is 0 Å². The van der Waals surface area contributed by atoms with Gasteiger partial charge in [0.25, 0.3) is 0 Å². The summed E-state index contributed by atoms with van der Waals surface area (Å²) in [6.45, 7) is 6.09. The van der Waals surface area contributed by atoms with E-state index in [4.69, 9.17) is 5.11 Å². The summed E-state index contributed by atoms with van der Waals surface area (Å²) in [6.07, 6.45) is 20.5. The largest absolute Gasteiger partial charge is 0.481 e. The molecule has 0 aliphatic rings. The van der Waals surface area contributed by atoms with E-state index in [9.17, 15) is 4.79 Å². The topological polar surface area (TPSA) is 37.3 Å². The van der Waals surface area contributed by atoms with Gasteiger partial charge >= 0.3 is 5.97 Å². The van der Waals surface area contributed by atoms with Gasteiger partial charge in [-0.1, -0.05) is 90.0 Å². The maximum Gasteiger partial charge on any atom is 0.303 e. The van der Waals surface area contributed by atoms with Crippen LogP contribution in [0.3, 0.4) is 0 Å². The zero-order valence-electron chi connectivity index (χ0n) is 14.8. The summed E-state index contributed by atoms with van der Waals surface area (Å²) in [5.41, 5.74) is 0. The first kappa shape index (κ1) is 21.2. The number of carbonyl (C=O) groups is 1. The average Bonchev–Trinajstić information content (AvgIpc) is 2.51. The minimum absolute atomic E-state index is 0.273. The highest BCUT2D eigenvalue weighted by Gasteiger charge is 2.06. The van der Waals surface area contributed by atoms with E-state index < -0.39 is 5.97 Å². The maximum absolute atomic E-state index is 10.6. The maximum atomic E-state index is 10.6. The molecule has 0 fully saturated rings. The van der Waals surface area contributed by atoms with Gasteiger partial charge in [0.1, 0.15) is 0 Å².